The summed E-state index contributed by atoms with van der Waals surface area (Å²) < 4.78 is 3.76. The van der Waals surface area contributed by atoms with Crippen molar-refractivity contribution in [3.05, 3.63) is 47.3 Å². The van der Waals surface area contributed by atoms with E-state index >= 15 is 0 Å². The van der Waals surface area contributed by atoms with Crippen molar-refractivity contribution in [3.8, 4) is 5.82 Å². The first kappa shape index (κ1) is 21.0. The molecule has 1 unspecified atom stereocenters. The second-order valence-electron chi connectivity index (χ2n) is 8.30. The van der Waals surface area contributed by atoms with Crippen molar-refractivity contribution in [1.29, 1.82) is 0 Å². The SMILES string of the molecule is Cc1cc(C)n(CCNC(=O)C2CCCN(c3cc(-n4nc(C)cc4C)ncn3)C2)n1. The van der Waals surface area contributed by atoms with Crippen LogP contribution in [-0.4, -0.2) is 55.1 Å². The van der Waals surface area contributed by atoms with E-state index in [0.29, 0.717) is 19.6 Å². The number of aromatic nitrogens is 6. The molecule has 0 spiro atoms. The van der Waals surface area contributed by atoms with E-state index in [1.54, 1.807) is 6.33 Å². The molecule has 1 fully saturated rings. The maximum atomic E-state index is 12.8. The molecule has 0 bridgehead atoms. The lowest BCUT2D eigenvalue weighted by molar-refractivity contribution is -0.125. The molecule has 1 amide bonds. The van der Waals surface area contributed by atoms with E-state index in [1.807, 2.05) is 55.3 Å². The molecule has 0 aromatic carbocycles. The van der Waals surface area contributed by atoms with Gasteiger partial charge in [-0.05, 0) is 52.7 Å². The summed E-state index contributed by atoms with van der Waals surface area (Å²) in [6.07, 6.45) is 3.41. The zero-order valence-electron chi connectivity index (χ0n) is 18.7. The lowest BCUT2D eigenvalue weighted by Crippen LogP contribution is -2.44. The van der Waals surface area contributed by atoms with Crippen LogP contribution in [0.5, 0.6) is 0 Å². The lowest BCUT2D eigenvalue weighted by Gasteiger charge is -2.33. The Morgan fingerprint density at radius 3 is 2.48 bits per heavy atom. The molecule has 3 aromatic heterocycles. The summed E-state index contributed by atoms with van der Waals surface area (Å²) in [6.45, 7) is 10.8. The van der Waals surface area contributed by atoms with Crippen LogP contribution in [-0.2, 0) is 11.3 Å². The number of rotatable bonds is 6. The Hall–Kier alpha value is -3.23. The van der Waals surface area contributed by atoms with E-state index in [0.717, 1.165) is 53.8 Å². The maximum absolute atomic E-state index is 12.8. The summed E-state index contributed by atoms with van der Waals surface area (Å²) >= 11 is 0. The smallest absolute Gasteiger partial charge is 0.224 e. The van der Waals surface area contributed by atoms with Crippen LogP contribution < -0.4 is 10.2 Å². The van der Waals surface area contributed by atoms with Crippen LogP contribution in [0.4, 0.5) is 5.82 Å². The Morgan fingerprint density at radius 2 is 1.77 bits per heavy atom. The molecule has 0 aliphatic carbocycles. The first-order chi connectivity index (χ1) is 14.9. The Morgan fingerprint density at radius 1 is 1.03 bits per heavy atom. The van der Waals surface area contributed by atoms with E-state index in [4.69, 9.17) is 0 Å². The van der Waals surface area contributed by atoms with Gasteiger partial charge in [0.15, 0.2) is 5.82 Å². The van der Waals surface area contributed by atoms with E-state index < -0.39 is 0 Å². The molecular formula is C22H30N8O. The summed E-state index contributed by atoms with van der Waals surface area (Å²) in [6, 6.07) is 6.01. The van der Waals surface area contributed by atoms with Gasteiger partial charge in [-0.2, -0.15) is 10.2 Å². The molecule has 9 heteroatoms. The predicted molar refractivity (Wildman–Crippen MR) is 118 cm³/mol. The molecule has 164 valence electrons. The van der Waals surface area contributed by atoms with Gasteiger partial charge in [0.25, 0.3) is 0 Å². The van der Waals surface area contributed by atoms with Gasteiger partial charge in [0.05, 0.1) is 23.9 Å². The molecule has 1 saturated heterocycles. The highest BCUT2D eigenvalue weighted by molar-refractivity contribution is 5.79. The van der Waals surface area contributed by atoms with Crippen LogP contribution in [0.3, 0.4) is 0 Å². The van der Waals surface area contributed by atoms with Gasteiger partial charge in [0.1, 0.15) is 12.1 Å². The minimum atomic E-state index is -0.0543. The molecule has 1 atom stereocenters. The quantitative estimate of drug-likeness (QED) is 0.654. The Balaban J connectivity index is 1.38. The Bertz CT molecular complexity index is 1070. The van der Waals surface area contributed by atoms with Gasteiger partial charge in [-0.3, -0.25) is 9.48 Å². The minimum absolute atomic E-state index is 0.0543. The maximum Gasteiger partial charge on any atom is 0.224 e. The summed E-state index contributed by atoms with van der Waals surface area (Å²) in [5, 5.41) is 12.0. The third kappa shape index (κ3) is 4.76. The van der Waals surface area contributed by atoms with Crippen molar-refractivity contribution in [1.82, 2.24) is 34.8 Å². The molecule has 9 nitrogen and oxygen atoms in total. The number of nitrogens with one attached hydrogen (secondary N) is 1. The van der Waals surface area contributed by atoms with Crippen molar-refractivity contribution in [2.75, 3.05) is 24.5 Å². The summed E-state index contributed by atoms with van der Waals surface area (Å²) in [4.78, 5) is 23.8. The van der Waals surface area contributed by atoms with Gasteiger partial charge < -0.3 is 10.2 Å². The molecule has 31 heavy (non-hydrogen) atoms. The number of hydrogen-bond donors (Lipinski definition) is 1. The fourth-order valence-electron chi connectivity index (χ4n) is 4.22. The average molecular weight is 423 g/mol. The summed E-state index contributed by atoms with van der Waals surface area (Å²) in [7, 11) is 0. The fraction of sp³-hybridized carbons (Fsp3) is 0.500. The predicted octanol–water partition coefficient (Wildman–Crippen LogP) is 2.13. The lowest BCUT2D eigenvalue weighted by atomic mass is 9.97. The van der Waals surface area contributed by atoms with Gasteiger partial charge in [0, 0.05) is 37.1 Å². The molecule has 4 rings (SSSR count). The second kappa shape index (κ2) is 8.87. The van der Waals surface area contributed by atoms with Gasteiger partial charge in [-0.25, -0.2) is 14.6 Å². The second-order valence-corrected chi connectivity index (χ2v) is 8.30. The third-order valence-corrected chi connectivity index (χ3v) is 5.71. The van der Waals surface area contributed by atoms with Gasteiger partial charge in [-0.1, -0.05) is 0 Å². The van der Waals surface area contributed by atoms with Gasteiger partial charge in [0.2, 0.25) is 5.91 Å². The van der Waals surface area contributed by atoms with Crippen LogP contribution in [0.1, 0.15) is 35.6 Å². The van der Waals surface area contributed by atoms with E-state index in [-0.39, 0.29) is 11.8 Å². The number of aryl methyl sites for hydroxylation is 4. The van der Waals surface area contributed by atoms with Crippen LogP contribution >= 0.6 is 0 Å². The zero-order valence-corrected chi connectivity index (χ0v) is 18.7. The molecule has 4 heterocycles. The minimum Gasteiger partial charge on any atom is -0.356 e. The molecule has 1 N–H and O–H groups in total. The highest BCUT2D eigenvalue weighted by Gasteiger charge is 2.26. The van der Waals surface area contributed by atoms with Gasteiger partial charge in [-0.15, -0.1) is 0 Å². The Labute approximate surface area is 182 Å². The van der Waals surface area contributed by atoms with Crippen molar-refractivity contribution in [2.24, 2.45) is 5.92 Å². The van der Waals surface area contributed by atoms with Gasteiger partial charge >= 0.3 is 0 Å². The van der Waals surface area contributed by atoms with Crippen LogP contribution in [0.25, 0.3) is 5.82 Å². The van der Waals surface area contributed by atoms with Crippen molar-refractivity contribution >= 4 is 11.7 Å². The van der Waals surface area contributed by atoms with Crippen LogP contribution in [0.15, 0.2) is 24.5 Å². The van der Waals surface area contributed by atoms with Crippen molar-refractivity contribution in [3.63, 3.8) is 0 Å². The molecule has 3 aromatic rings. The average Bonchev–Trinajstić information content (AvgIpc) is 3.27. The number of amides is 1. The number of hydrogen-bond acceptors (Lipinski definition) is 6. The standard InChI is InChI=1S/C22H30N8O/c1-15-10-17(3)29(26-15)9-7-23-22(31)19-6-5-8-28(13-19)20-12-21(25-14-24-20)30-18(4)11-16(2)27-30/h10-12,14,19H,5-9,13H2,1-4H3,(H,23,31). The number of piperidine rings is 1. The zero-order chi connectivity index (χ0) is 22.0. The number of carbonyl (C=O) groups excluding carboxylic acids is 1. The van der Waals surface area contributed by atoms with Crippen LogP contribution in [0, 0.1) is 33.6 Å². The number of nitrogens with zero attached hydrogens (tertiary/aromatic N) is 7. The van der Waals surface area contributed by atoms with E-state index in [1.165, 1.54) is 0 Å². The monoisotopic (exact) mass is 422 g/mol. The normalized spacial score (nSPS) is 16.5. The van der Waals surface area contributed by atoms with Crippen molar-refractivity contribution in [2.45, 2.75) is 47.1 Å². The molecule has 0 radical (unpaired) electrons. The summed E-state index contributed by atoms with van der Waals surface area (Å²) in [5.74, 6) is 1.62. The highest BCUT2D eigenvalue weighted by Crippen LogP contribution is 2.23. The molecule has 1 aliphatic heterocycles. The molecular weight excluding hydrogens is 392 g/mol. The third-order valence-electron chi connectivity index (χ3n) is 5.71. The Kier molecular flexibility index (Phi) is 6.01. The highest BCUT2D eigenvalue weighted by atomic mass is 16.1. The topological polar surface area (TPSA) is 93.8 Å². The van der Waals surface area contributed by atoms with E-state index in [9.17, 15) is 4.79 Å². The number of carbonyl (C=O) groups is 1. The van der Waals surface area contributed by atoms with E-state index in [2.05, 4.69) is 30.4 Å². The molecule has 1 aliphatic rings. The first-order valence-corrected chi connectivity index (χ1v) is 10.8. The largest absolute Gasteiger partial charge is 0.356 e. The first-order valence-electron chi connectivity index (χ1n) is 10.8. The summed E-state index contributed by atoms with van der Waals surface area (Å²) in [5.41, 5.74) is 4.09. The number of anilines is 1. The molecule has 0 saturated carbocycles. The van der Waals surface area contributed by atoms with Crippen LogP contribution in [0.2, 0.25) is 0 Å². The van der Waals surface area contributed by atoms with Crippen molar-refractivity contribution < 1.29 is 4.79 Å². The fourth-order valence-corrected chi connectivity index (χ4v) is 4.22.